The van der Waals surface area contributed by atoms with Gasteiger partial charge in [-0.1, -0.05) is 41.9 Å². The zero-order valence-electron chi connectivity index (χ0n) is 21.9. The molecule has 4 aromatic rings. The molecule has 1 aromatic heterocycles. The summed E-state index contributed by atoms with van der Waals surface area (Å²) in [6.07, 6.45) is 5.67. The summed E-state index contributed by atoms with van der Waals surface area (Å²) in [6.45, 7) is 6.37. The number of imidazole rings is 1. The molecule has 6 nitrogen and oxygen atoms in total. The second-order valence-electron chi connectivity index (χ2n) is 9.70. The van der Waals surface area contributed by atoms with Crippen molar-refractivity contribution < 1.29 is 17.5 Å². The zero-order valence-corrected chi connectivity index (χ0v) is 23.5. The predicted octanol–water partition coefficient (Wildman–Crippen LogP) is 6.90. The van der Waals surface area contributed by atoms with E-state index in [0.717, 1.165) is 11.4 Å². The van der Waals surface area contributed by atoms with Gasteiger partial charge >= 0.3 is 0 Å². The van der Waals surface area contributed by atoms with E-state index in [1.165, 1.54) is 10.4 Å². The average Bonchev–Trinajstić information content (AvgIpc) is 3.31. The second-order valence-corrected chi connectivity index (χ2v) is 12.0. The molecule has 0 spiro atoms. The van der Waals surface area contributed by atoms with Crippen LogP contribution in [0.5, 0.6) is 5.75 Å². The third kappa shape index (κ3) is 5.58. The third-order valence-electron chi connectivity index (χ3n) is 6.85. The number of fused-ring (bicyclic) bond motifs is 1. The van der Waals surface area contributed by atoms with E-state index in [0.29, 0.717) is 46.1 Å². The Bertz CT molecular complexity index is 1650. The maximum atomic E-state index is 14.5. The van der Waals surface area contributed by atoms with Gasteiger partial charge in [-0.15, -0.1) is 0 Å². The number of nitrogens with zero attached hydrogens (tertiary/aromatic N) is 3. The van der Waals surface area contributed by atoms with Gasteiger partial charge in [-0.2, -0.15) is 0 Å². The molecule has 0 fully saturated rings. The summed E-state index contributed by atoms with van der Waals surface area (Å²) in [5, 5.41) is 0.310. The second kappa shape index (κ2) is 10.9. The van der Waals surface area contributed by atoms with Gasteiger partial charge in [0.15, 0.2) is 0 Å². The lowest BCUT2D eigenvalue weighted by Gasteiger charge is -2.36. The van der Waals surface area contributed by atoms with Gasteiger partial charge in [0.2, 0.25) is 0 Å². The quantitative estimate of drug-likeness (QED) is 0.229. The van der Waals surface area contributed by atoms with Crippen molar-refractivity contribution in [2.75, 3.05) is 10.8 Å². The highest BCUT2D eigenvalue weighted by atomic mass is 35.5. The molecule has 202 valence electrons. The van der Waals surface area contributed by atoms with E-state index in [4.69, 9.17) is 16.3 Å². The summed E-state index contributed by atoms with van der Waals surface area (Å²) >= 11 is 6.27. The zero-order chi connectivity index (χ0) is 27.7. The molecule has 1 aliphatic heterocycles. The van der Waals surface area contributed by atoms with Gasteiger partial charge in [0.25, 0.3) is 10.0 Å². The number of sulfonamides is 1. The van der Waals surface area contributed by atoms with E-state index >= 15 is 0 Å². The standard InChI is InChI=1S/C30H29ClFN3O3S/c1-20-6-4-7-25(16-20)39(36,37)35-19-24(12-14-34-15-13-33-22(34)3)38-29-11-10-23(18-28(29)35)17-21(2)30-26(31)8-5-9-27(30)32/h4-11,13,15-18,24H,12,14,19H2,1-3H3/b21-17+/t24-/m0/s1. The van der Waals surface area contributed by atoms with Crippen LogP contribution >= 0.6 is 11.6 Å². The van der Waals surface area contributed by atoms with Crippen molar-refractivity contribution in [3.8, 4) is 5.75 Å². The molecular weight excluding hydrogens is 537 g/mol. The summed E-state index contributed by atoms with van der Waals surface area (Å²) in [6, 6.07) is 16.8. The highest BCUT2D eigenvalue weighted by Crippen LogP contribution is 2.39. The maximum Gasteiger partial charge on any atom is 0.264 e. The number of aromatic nitrogens is 2. The lowest BCUT2D eigenvalue weighted by atomic mass is 10.0. The highest BCUT2D eigenvalue weighted by molar-refractivity contribution is 7.92. The molecule has 0 radical (unpaired) electrons. The van der Waals surface area contributed by atoms with E-state index in [1.54, 1.807) is 61.7 Å². The van der Waals surface area contributed by atoms with E-state index in [-0.39, 0.29) is 17.5 Å². The smallest absolute Gasteiger partial charge is 0.264 e. The summed E-state index contributed by atoms with van der Waals surface area (Å²) in [5.41, 5.74) is 2.92. The predicted molar refractivity (Wildman–Crippen MR) is 153 cm³/mol. The molecule has 0 bridgehead atoms. The molecule has 9 heteroatoms. The fourth-order valence-corrected chi connectivity index (χ4v) is 6.74. The largest absolute Gasteiger partial charge is 0.486 e. The van der Waals surface area contributed by atoms with Crippen LogP contribution in [0.4, 0.5) is 10.1 Å². The van der Waals surface area contributed by atoms with Crippen LogP contribution in [0.15, 0.2) is 78.0 Å². The molecule has 39 heavy (non-hydrogen) atoms. The molecule has 0 saturated heterocycles. The minimum atomic E-state index is -3.89. The highest BCUT2D eigenvalue weighted by Gasteiger charge is 2.34. The monoisotopic (exact) mass is 565 g/mol. The van der Waals surface area contributed by atoms with Crippen molar-refractivity contribution in [3.63, 3.8) is 0 Å². The third-order valence-corrected chi connectivity index (χ3v) is 8.94. The Balaban J connectivity index is 1.53. The first-order chi connectivity index (χ1) is 18.6. The van der Waals surface area contributed by atoms with Crippen LogP contribution in [0, 0.1) is 19.7 Å². The van der Waals surface area contributed by atoms with Crippen LogP contribution < -0.4 is 9.04 Å². The van der Waals surface area contributed by atoms with E-state index in [9.17, 15) is 12.8 Å². The Morgan fingerprint density at radius 1 is 1.15 bits per heavy atom. The Morgan fingerprint density at radius 2 is 1.95 bits per heavy atom. The number of anilines is 1. The molecule has 5 rings (SSSR count). The van der Waals surface area contributed by atoms with Gasteiger partial charge in [-0.3, -0.25) is 4.31 Å². The fourth-order valence-electron chi connectivity index (χ4n) is 4.82. The van der Waals surface area contributed by atoms with Crippen molar-refractivity contribution in [2.45, 2.75) is 44.7 Å². The van der Waals surface area contributed by atoms with Crippen molar-refractivity contribution >= 4 is 39.0 Å². The molecule has 0 aliphatic carbocycles. The van der Waals surface area contributed by atoms with Gasteiger partial charge in [0, 0.05) is 30.9 Å². The molecular formula is C30H29ClFN3O3S. The number of allylic oxidation sites excluding steroid dienone is 1. The SMILES string of the molecule is C/C(=C\c1ccc2c(c1)N(S(=O)(=O)c1cccc(C)c1)C[C@H](CCn1ccnc1C)O2)c1c(F)cccc1Cl. The molecule has 0 saturated carbocycles. The first kappa shape index (κ1) is 27.0. The Hall–Kier alpha value is -3.62. The van der Waals surface area contributed by atoms with Crippen molar-refractivity contribution in [3.05, 3.63) is 106 Å². The van der Waals surface area contributed by atoms with Gasteiger partial charge in [-0.25, -0.2) is 17.8 Å². The fraction of sp³-hybridized carbons (Fsp3) is 0.233. The average molecular weight is 566 g/mol. The maximum absolute atomic E-state index is 14.5. The van der Waals surface area contributed by atoms with Crippen LogP contribution in [0.25, 0.3) is 11.6 Å². The molecule has 2 heterocycles. The molecule has 1 atom stereocenters. The van der Waals surface area contributed by atoms with Crippen LogP contribution in [0.2, 0.25) is 5.02 Å². The van der Waals surface area contributed by atoms with Gasteiger partial charge in [-0.05, 0) is 73.9 Å². The normalized spacial score (nSPS) is 15.7. The Labute approximate surface area is 233 Å². The Morgan fingerprint density at radius 3 is 2.67 bits per heavy atom. The van der Waals surface area contributed by atoms with Crippen molar-refractivity contribution in [1.29, 1.82) is 0 Å². The Kier molecular flexibility index (Phi) is 7.51. The van der Waals surface area contributed by atoms with E-state index < -0.39 is 15.8 Å². The number of aryl methyl sites for hydroxylation is 3. The van der Waals surface area contributed by atoms with Crippen molar-refractivity contribution in [1.82, 2.24) is 9.55 Å². The summed E-state index contributed by atoms with van der Waals surface area (Å²) < 4.78 is 52.2. The first-order valence-corrected chi connectivity index (χ1v) is 14.5. The van der Waals surface area contributed by atoms with Gasteiger partial charge in [0.05, 0.1) is 22.2 Å². The van der Waals surface area contributed by atoms with Crippen LogP contribution in [0.3, 0.4) is 0 Å². The number of hydrogen-bond donors (Lipinski definition) is 0. The molecule has 0 unspecified atom stereocenters. The number of benzene rings is 3. The van der Waals surface area contributed by atoms with Crippen molar-refractivity contribution in [2.24, 2.45) is 0 Å². The summed E-state index contributed by atoms with van der Waals surface area (Å²) in [7, 11) is -3.89. The summed E-state index contributed by atoms with van der Waals surface area (Å²) in [5.74, 6) is 0.943. The van der Waals surface area contributed by atoms with Crippen LogP contribution in [-0.2, 0) is 16.6 Å². The molecule has 0 amide bonds. The van der Waals surface area contributed by atoms with Gasteiger partial charge < -0.3 is 9.30 Å². The molecule has 3 aromatic carbocycles. The number of hydrogen-bond acceptors (Lipinski definition) is 4. The van der Waals surface area contributed by atoms with E-state index in [1.807, 2.05) is 36.7 Å². The number of ether oxygens (including phenoxy) is 1. The minimum Gasteiger partial charge on any atom is -0.486 e. The molecule has 1 aliphatic rings. The topological polar surface area (TPSA) is 64.4 Å². The first-order valence-electron chi connectivity index (χ1n) is 12.6. The lowest BCUT2D eigenvalue weighted by Crippen LogP contribution is -2.44. The van der Waals surface area contributed by atoms with Crippen LogP contribution in [0.1, 0.15) is 35.9 Å². The van der Waals surface area contributed by atoms with E-state index in [2.05, 4.69) is 4.98 Å². The lowest BCUT2D eigenvalue weighted by molar-refractivity contribution is 0.183. The van der Waals surface area contributed by atoms with Crippen LogP contribution in [-0.4, -0.2) is 30.6 Å². The number of rotatable bonds is 7. The minimum absolute atomic E-state index is 0.155. The number of halogens is 2. The van der Waals surface area contributed by atoms with Gasteiger partial charge in [0.1, 0.15) is 23.5 Å². The summed E-state index contributed by atoms with van der Waals surface area (Å²) in [4.78, 5) is 4.48. The molecule has 0 N–H and O–H groups in total.